The first kappa shape index (κ1) is 14.0. The van der Waals surface area contributed by atoms with Crippen LogP contribution in [0.4, 0.5) is 0 Å². The first-order chi connectivity index (χ1) is 9.49. The molecule has 3 rings (SSSR count). The molecular weight excluding hydrogens is 320 g/mol. The molecule has 2 fully saturated rings. The number of carbonyl (C=O) groups is 1. The molecule has 1 N–H and O–H groups in total. The number of likely N-dealkylation sites (tertiary alicyclic amines) is 1. The lowest BCUT2D eigenvalue weighted by molar-refractivity contribution is 0.0337. The molecule has 5 heteroatoms. The fraction of sp³-hybridized carbons (Fsp3) is 0.600. The van der Waals surface area contributed by atoms with Gasteiger partial charge in [0.25, 0.3) is 5.91 Å². The van der Waals surface area contributed by atoms with Crippen LogP contribution in [0.15, 0.2) is 16.6 Å². The van der Waals surface area contributed by atoms with Crippen LogP contribution in [-0.4, -0.2) is 39.6 Å². The van der Waals surface area contributed by atoms with Crippen molar-refractivity contribution in [3.63, 3.8) is 0 Å². The molecule has 0 aromatic carbocycles. The number of nitrogens with zero attached hydrogens (tertiary/aromatic N) is 2. The maximum absolute atomic E-state index is 12.5. The maximum Gasteiger partial charge on any atom is 0.273 e. The summed E-state index contributed by atoms with van der Waals surface area (Å²) in [6.07, 6.45) is 3.64. The van der Waals surface area contributed by atoms with Crippen LogP contribution in [-0.2, 0) is 0 Å². The average molecular weight is 339 g/mol. The van der Waals surface area contributed by atoms with Gasteiger partial charge in [0.2, 0.25) is 0 Å². The molecule has 1 saturated heterocycles. The van der Waals surface area contributed by atoms with E-state index in [1.165, 1.54) is 0 Å². The van der Waals surface area contributed by atoms with Crippen LogP contribution in [0.25, 0.3) is 0 Å². The standard InChI is InChI=1S/C15H19BrN2O2/c1-10-2-3-12(16)13(17-10)14(19)18-8-4-11(5-9-18)15(20)6-7-15/h2-3,11,20H,4-9H2,1H3. The summed E-state index contributed by atoms with van der Waals surface area (Å²) in [7, 11) is 0. The van der Waals surface area contributed by atoms with Crippen molar-refractivity contribution in [1.29, 1.82) is 0 Å². The molecule has 2 heterocycles. The second-order valence-electron chi connectivity index (χ2n) is 5.95. The third-order valence-electron chi connectivity index (χ3n) is 4.49. The summed E-state index contributed by atoms with van der Waals surface area (Å²) in [4.78, 5) is 18.7. The summed E-state index contributed by atoms with van der Waals surface area (Å²) in [5, 5.41) is 10.2. The van der Waals surface area contributed by atoms with Gasteiger partial charge in [0.15, 0.2) is 0 Å². The fourth-order valence-corrected chi connectivity index (χ4v) is 3.39. The van der Waals surface area contributed by atoms with Crippen LogP contribution >= 0.6 is 15.9 Å². The van der Waals surface area contributed by atoms with Crippen LogP contribution in [0.5, 0.6) is 0 Å². The van der Waals surface area contributed by atoms with Crippen molar-refractivity contribution >= 4 is 21.8 Å². The van der Waals surface area contributed by atoms with Gasteiger partial charge >= 0.3 is 0 Å². The number of carbonyl (C=O) groups excluding carboxylic acids is 1. The monoisotopic (exact) mass is 338 g/mol. The Morgan fingerprint density at radius 2 is 2.05 bits per heavy atom. The van der Waals surface area contributed by atoms with Gasteiger partial charge in [0, 0.05) is 23.3 Å². The van der Waals surface area contributed by atoms with Gasteiger partial charge in [-0.3, -0.25) is 4.79 Å². The van der Waals surface area contributed by atoms with Crippen molar-refractivity contribution in [1.82, 2.24) is 9.88 Å². The number of hydrogen-bond donors (Lipinski definition) is 1. The first-order valence-electron chi connectivity index (χ1n) is 7.14. The summed E-state index contributed by atoms with van der Waals surface area (Å²) < 4.78 is 0.746. The molecule has 1 aromatic heterocycles. The number of aryl methyl sites for hydroxylation is 1. The number of amides is 1. The third kappa shape index (κ3) is 2.61. The predicted molar refractivity (Wildman–Crippen MR) is 79.5 cm³/mol. The van der Waals surface area contributed by atoms with Gasteiger partial charge in [-0.25, -0.2) is 4.98 Å². The molecule has 1 saturated carbocycles. The topological polar surface area (TPSA) is 53.4 Å². The van der Waals surface area contributed by atoms with Gasteiger partial charge in [0.1, 0.15) is 5.69 Å². The number of aliphatic hydroxyl groups is 1. The highest BCUT2D eigenvalue weighted by Gasteiger charge is 2.48. The SMILES string of the molecule is Cc1ccc(Br)c(C(=O)N2CCC(C3(O)CC3)CC2)n1. The van der Waals surface area contributed by atoms with Crippen molar-refractivity contribution in [2.75, 3.05) is 13.1 Å². The molecule has 0 bridgehead atoms. The van der Waals surface area contributed by atoms with Gasteiger partial charge in [-0.15, -0.1) is 0 Å². The van der Waals surface area contributed by atoms with Crippen molar-refractivity contribution in [3.8, 4) is 0 Å². The molecule has 20 heavy (non-hydrogen) atoms. The number of pyridine rings is 1. The van der Waals surface area contributed by atoms with E-state index in [4.69, 9.17) is 0 Å². The summed E-state index contributed by atoms with van der Waals surface area (Å²) in [5.41, 5.74) is 0.921. The second-order valence-corrected chi connectivity index (χ2v) is 6.81. The largest absolute Gasteiger partial charge is 0.390 e. The Hall–Kier alpha value is -0.940. The van der Waals surface area contributed by atoms with Gasteiger partial charge in [-0.2, -0.15) is 0 Å². The van der Waals surface area contributed by atoms with Crippen LogP contribution in [0.1, 0.15) is 41.9 Å². The highest BCUT2D eigenvalue weighted by atomic mass is 79.9. The number of rotatable bonds is 2. The molecule has 0 atom stereocenters. The summed E-state index contributed by atoms with van der Waals surface area (Å²) in [6.45, 7) is 3.32. The van der Waals surface area contributed by atoms with Crippen LogP contribution < -0.4 is 0 Å². The Morgan fingerprint density at radius 1 is 1.40 bits per heavy atom. The van der Waals surface area contributed by atoms with E-state index in [0.29, 0.717) is 24.7 Å². The van der Waals surface area contributed by atoms with Gasteiger partial charge < -0.3 is 10.0 Å². The zero-order valence-corrected chi connectivity index (χ0v) is 13.2. The van der Waals surface area contributed by atoms with E-state index in [1.54, 1.807) is 0 Å². The van der Waals surface area contributed by atoms with E-state index in [0.717, 1.165) is 35.8 Å². The zero-order chi connectivity index (χ0) is 14.3. The number of aromatic nitrogens is 1. The lowest BCUT2D eigenvalue weighted by Gasteiger charge is -2.34. The van der Waals surface area contributed by atoms with E-state index in [1.807, 2.05) is 24.0 Å². The normalized spacial score (nSPS) is 21.9. The molecule has 4 nitrogen and oxygen atoms in total. The minimum atomic E-state index is -0.419. The van der Waals surface area contributed by atoms with Crippen LogP contribution in [0.2, 0.25) is 0 Å². The maximum atomic E-state index is 12.5. The van der Waals surface area contributed by atoms with Gasteiger partial charge in [0.05, 0.1) is 5.60 Å². The molecule has 2 aliphatic rings. The van der Waals surface area contributed by atoms with Crippen molar-refractivity contribution in [2.45, 2.75) is 38.2 Å². The molecule has 1 aliphatic heterocycles. The van der Waals surface area contributed by atoms with E-state index < -0.39 is 5.60 Å². The number of hydrogen-bond acceptors (Lipinski definition) is 3. The van der Waals surface area contributed by atoms with Crippen molar-refractivity contribution < 1.29 is 9.90 Å². The minimum absolute atomic E-state index is 0.0122. The molecule has 0 spiro atoms. The smallest absolute Gasteiger partial charge is 0.273 e. The molecule has 1 amide bonds. The Balaban J connectivity index is 1.68. The lowest BCUT2D eigenvalue weighted by Crippen LogP contribution is -2.42. The minimum Gasteiger partial charge on any atom is -0.390 e. The summed E-state index contributed by atoms with van der Waals surface area (Å²) >= 11 is 3.40. The van der Waals surface area contributed by atoms with Gasteiger partial charge in [-0.05, 0) is 66.6 Å². The Morgan fingerprint density at radius 3 is 2.65 bits per heavy atom. The average Bonchev–Trinajstić information content (AvgIpc) is 3.20. The lowest BCUT2D eigenvalue weighted by atomic mass is 9.89. The van der Waals surface area contributed by atoms with Gasteiger partial charge in [-0.1, -0.05) is 0 Å². The number of halogens is 1. The molecule has 1 aromatic rings. The fourth-order valence-electron chi connectivity index (χ4n) is 3.00. The summed E-state index contributed by atoms with van der Waals surface area (Å²) in [6, 6.07) is 3.75. The highest BCUT2D eigenvalue weighted by molar-refractivity contribution is 9.10. The summed E-state index contributed by atoms with van der Waals surface area (Å²) in [5.74, 6) is 0.349. The predicted octanol–water partition coefficient (Wildman–Crippen LogP) is 2.53. The molecular formula is C15H19BrN2O2. The molecule has 108 valence electrons. The van der Waals surface area contributed by atoms with Crippen LogP contribution in [0.3, 0.4) is 0 Å². The van der Waals surface area contributed by atoms with Crippen molar-refractivity contribution in [2.24, 2.45) is 5.92 Å². The Kier molecular flexibility index (Phi) is 3.58. The molecule has 0 unspecified atom stereocenters. The second kappa shape index (κ2) is 5.11. The number of piperidine rings is 1. The Bertz CT molecular complexity index is 535. The van der Waals surface area contributed by atoms with Crippen LogP contribution in [0, 0.1) is 12.8 Å². The first-order valence-corrected chi connectivity index (χ1v) is 7.94. The van der Waals surface area contributed by atoms with E-state index in [-0.39, 0.29) is 5.91 Å². The zero-order valence-electron chi connectivity index (χ0n) is 11.6. The van der Waals surface area contributed by atoms with Crippen molar-refractivity contribution in [3.05, 3.63) is 28.0 Å². The quantitative estimate of drug-likeness (QED) is 0.901. The third-order valence-corrected chi connectivity index (χ3v) is 5.13. The highest BCUT2D eigenvalue weighted by Crippen LogP contribution is 2.46. The van der Waals surface area contributed by atoms with E-state index in [2.05, 4.69) is 20.9 Å². The molecule has 0 radical (unpaired) electrons. The van der Waals surface area contributed by atoms with E-state index in [9.17, 15) is 9.90 Å². The van der Waals surface area contributed by atoms with E-state index >= 15 is 0 Å². The molecule has 1 aliphatic carbocycles. The Labute approximate surface area is 127 Å².